The fourth-order valence-corrected chi connectivity index (χ4v) is 1.04. The van der Waals surface area contributed by atoms with Crippen LogP contribution in [0.25, 0.3) is 0 Å². The van der Waals surface area contributed by atoms with Crippen molar-refractivity contribution in [3.05, 3.63) is 11.8 Å². The van der Waals surface area contributed by atoms with Gasteiger partial charge in [-0.2, -0.15) is 0 Å². The van der Waals surface area contributed by atoms with E-state index in [0.29, 0.717) is 23.7 Å². The number of aromatic nitrogens is 2. The summed E-state index contributed by atoms with van der Waals surface area (Å²) in [6.45, 7) is 10.1. The Morgan fingerprint density at radius 2 is 2.07 bits per heavy atom. The zero-order valence-electron chi connectivity index (χ0n) is 9.42. The Hall–Kier alpha value is -0.900. The van der Waals surface area contributed by atoms with Crippen LogP contribution in [0, 0.1) is 12.3 Å². The molecule has 0 amide bonds. The van der Waals surface area contributed by atoms with Gasteiger partial charge >= 0.3 is 0 Å². The van der Waals surface area contributed by atoms with Crippen molar-refractivity contribution in [2.45, 2.75) is 40.7 Å². The molecule has 14 heavy (non-hydrogen) atoms. The van der Waals surface area contributed by atoms with Crippen molar-refractivity contribution in [2.75, 3.05) is 6.54 Å². The maximum Gasteiger partial charge on any atom is 0.230 e. The zero-order chi connectivity index (χ0) is 10.6. The van der Waals surface area contributed by atoms with Crippen LogP contribution in [0.4, 0.5) is 0 Å². The van der Waals surface area contributed by atoms with Crippen LogP contribution in [0.3, 0.4) is 0 Å². The quantitative estimate of drug-likeness (QED) is 0.783. The van der Waals surface area contributed by atoms with Crippen molar-refractivity contribution in [3.8, 4) is 0 Å². The summed E-state index contributed by atoms with van der Waals surface area (Å²) in [5.74, 6) is 1.28. The van der Waals surface area contributed by atoms with Gasteiger partial charge in [-0.3, -0.25) is 0 Å². The molecule has 1 rings (SSSR count). The molecule has 0 saturated heterocycles. The van der Waals surface area contributed by atoms with Gasteiger partial charge in [0.2, 0.25) is 11.8 Å². The van der Waals surface area contributed by atoms with Crippen molar-refractivity contribution in [1.82, 2.24) is 15.5 Å². The monoisotopic (exact) mass is 197 g/mol. The number of hydrogen-bond donors (Lipinski definition) is 1. The van der Waals surface area contributed by atoms with Gasteiger partial charge < -0.3 is 9.73 Å². The minimum absolute atomic E-state index is 0.328. The second kappa shape index (κ2) is 4.55. The summed E-state index contributed by atoms with van der Waals surface area (Å²) in [6, 6.07) is 0. The first-order valence-electron chi connectivity index (χ1n) is 5.03. The molecule has 1 aromatic rings. The molecular formula is C10H19N3O. The first-order valence-corrected chi connectivity index (χ1v) is 5.03. The molecule has 80 valence electrons. The van der Waals surface area contributed by atoms with E-state index >= 15 is 0 Å². The Morgan fingerprint density at radius 3 is 2.57 bits per heavy atom. The highest BCUT2D eigenvalue weighted by molar-refractivity contribution is 4.79. The summed E-state index contributed by atoms with van der Waals surface area (Å²) < 4.78 is 5.25. The minimum Gasteiger partial charge on any atom is -0.424 e. The van der Waals surface area contributed by atoms with Gasteiger partial charge in [0.1, 0.15) is 0 Å². The second-order valence-electron chi connectivity index (χ2n) is 4.34. The van der Waals surface area contributed by atoms with Crippen LogP contribution in [0.2, 0.25) is 0 Å². The molecule has 0 aliphatic heterocycles. The van der Waals surface area contributed by atoms with E-state index in [4.69, 9.17) is 4.42 Å². The molecule has 1 N–H and O–H groups in total. The van der Waals surface area contributed by atoms with E-state index in [2.05, 4.69) is 36.3 Å². The van der Waals surface area contributed by atoms with Crippen molar-refractivity contribution < 1.29 is 4.42 Å². The van der Waals surface area contributed by atoms with E-state index in [1.54, 1.807) is 6.92 Å². The van der Waals surface area contributed by atoms with Crippen LogP contribution in [0.15, 0.2) is 4.42 Å². The van der Waals surface area contributed by atoms with Crippen molar-refractivity contribution in [1.29, 1.82) is 0 Å². The summed E-state index contributed by atoms with van der Waals surface area (Å²) in [6.07, 6.45) is 1.16. The zero-order valence-corrected chi connectivity index (χ0v) is 9.42. The molecule has 0 atom stereocenters. The van der Waals surface area contributed by atoms with Gasteiger partial charge in [-0.25, -0.2) is 0 Å². The predicted octanol–water partition coefficient (Wildman–Crippen LogP) is 1.90. The molecule has 0 bridgehead atoms. The van der Waals surface area contributed by atoms with E-state index in [9.17, 15) is 0 Å². The van der Waals surface area contributed by atoms with Gasteiger partial charge in [0.25, 0.3) is 0 Å². The van der Waals surface area contributed by atoms with Crippen molar-refractivity contribution in [3.63, 3.8) is 0 Å². The molecule has 0 fully saturated rings. The molecule has 0 aromatic carbocycles. The minimum atomic E-state index is 0.328. The van der Waals surface area contributed by atoms with E-state index in [0.717, 1.165) is 13.0 Å². The standard InChI is InChI=1S/C10H19N3O/c1-5-10(3,4)7-11-6-9-13-12-8(2)14-9/h11H,5-7H2,1-4H3. The van der Waals surface area contributed by atoms with Crippen LogP contribution in [0.5, 0.6) is 0 Å². The Kier molecular flexibility index (Phi) is 3.63. The summed E-state index contributed by atoms with van der Waals surface area (Å²) in [5.41, 5.74) is 0.328. The average Bonchev–Trinajstić information content (AvgIpc) is 2.51. The first kappa shape index (κ1) is 11.2. The topological polar surface area (TPSA) is 51.0 Å². The van der Waals surface area contributed by atoms with Crippen LogP contribution in [-0.2, 0) is 6.54 Å². The smallest absolute Gasteiger partial charge is 0.230 e. The van der Waals surface area contributed by atoms with E-state index < -0.39 is 0 Å². The van der Waals surface area contributed by atoms with E-state index in [-0.39, 0.29) is 0 Å². The lowest BCUT2D eigenvalue weighted by atomic mass is 9.90. The van der Waals surface area contributed by atoms with Gasteiger partial charge in [-0.15, -0.1) is 10.2 Å². The Bertz CT molecular complexity index is 281. The second-order valence-corrected chi connectivity index (χ2v) is 4.34. The Labute approximate surface area is 85.1 Å². The lowest BCUT2D eigenvalue weighted by Gasteiger charge is -2.22. The van der Waals surface area contributed by atoms with Crippen LogP contribution in [0.1, 0.15) is 39.0 Å². The highest BCUT2D eigenvalue weighted by Gasteiger charge is 2.14. The Morgan fingerprint density at radius 1 is 1.36 bits per heavy atom. The predicted molar refractivity (Wildman–Crippen MR) is 54.8 cm³/mol. The van der Waals surface area contributed by atoms with Gasteiger partial charge in [-0.05, 0) is 11.8 Å². The van der Waals surface area contributed by atoms with Crippen LogP contribution >= 0.6 is 0 Å². The largest absolute Gasteiger partial charge is 0.424 e. The molecular weight excluding hydrogens is 178 g/mol. The first-order chi connectivity index (χ1) is 6.53. The maximum absolute atomic E-state index is 5.25. The normalized spacial score (nSPS) is 12.0. The molecule has 0 unspecified atom stereocenters. The highest BCUT2D eigenvalue weighted by Crippen LogP contribution is 2.17. The molecule has 0 saturated carbocycles. The molecule has 4 nitrogen and oxygen atoms in total. The molecule has 0 radical (unpaired) electrons. The van der Waals surface area contributed by atoms with Crippen molar-refractivity contribution >= 4 is 0 Å². The molecule has 0 spiro atoms. The number of nitrogens with one attached hydrogen (secondary N) is 1. The third-order valence-electron chi connectivity index (χ3n) is 2.40. The SMILES string of the molecule is CCC(C)(C)CNCc1nnc(C)o1. The van der Waals surface area contributed by atoms with Crippen molar-refractivity contribution in [2.24, 2.45) is 5.41 Å². The average molecular weight is 197 g/mol. The molecule has 1 aromatic heterocycles. The third-order valence-corrected chi connectivity index (χ3v) is 2.40. The number of hydrogen-bond acceptors (Lipinski definition) is 4. The molecule has 4 heteroatoms. The summed E-state index contributed by atoms with van der Waals surface area (Å²) in [7, 11) is 0. The summed E-state index contributed by atoms with van der Waals surface area (Å²) in [5, 5.41) is 11.0. The summed E-state index contributed by atoms with van der Waals surface area (Å²) >= 11 is 0. The maximum atomic E-state index is 5.25. The fourth-order valence-electron chi connectivity index (χ4n) is 1.04. The number of rotatable bonds is 5. The lowest BCUT2D eigenvalue weighted by Crippen LogP contribution is -2.28. The van der Waals surface area contributed by atoms with Gasteiger partial charge in [0.15, 0.2) is 0 Å². The van der Waals surface area contributed by atoms with Gasteiger partial charge in [-0.1, -0.05) is 20.8 Å². The summed E-state index contributed by atoms with van der Waals surface area (Å²) in [4.78, 5) is 0. The van der Waals surface area contributed by atoms with Gasteiger partial charge in [0.05, 0.1) is 6.54 Å². The van der Waals surface area contributed by atoms with E-state index in [1.165, 1.54) is 0 Å². The number of aryl methyl sites for hydroxylation is 1. The van der Waals surface area contributed by atoms with Gasteiger partial charge in [0, 0.05) is 13.5 Å². The van der Waals surface area contributed by atoms with Crippen LogP contribution in [-0.4, -0.2) is 16.7 Å². The third kappa shape index (κ3) is 3.46. The number of nitrogens with zero attached hydrogens (tertiary/aromatic N) is 2. The molecule has 1 heterocycles. The van der Waals surface area contributed by atoms with E-state index in [1.807, 2.05) is 0 Å². The Balaban J connectivity index is 2.28. The lowest BCUT2D eigenvalue weighted by molar-refractivity contribution is 0.318. The van der Waals surface area contributed by atoms with Crippen LogP contribution < -0.4 is 5.32 Å². The fraction of sp³-hybridized carbons (Fsp3) is 0.800. The molecule has 0 aliphatic carbocycles. The molecule has 0 aliphatic rings. The highest BCUT2D eigenvalue weighted by atomic mass is 16.4.